The van der Waals surface area contributed by atoms with Crippen molar-refractivity contribution < 1.29 is 8.91 Å². The van der Waals surface area contributed by atoms with Gasteiger partial charge in [0.1, 0.15) is 17.3 Å². The minimum absolute atomic E-state index is 0.219. The molecular formula is C21H23FN4O. The Hall–Kier alpha value is -3.15. The highest BCUT2D eigenvalue weighted by molar-refractivity contribution is 5.76. The molecule has 0 saturated heterocycles. The molecule has 0 unspecified atom stereocenters. The van der Waals surface area contributed by atoms with Crippen molar-refractivity contribution in [1.29, 1.82) is 5.41 Å². The second kappa shape index (κ2) is 8.98. The first kappa shape index (κ1) is 18.6. The second-order valence-corrected chi connectivity index (χ2v) is 6.22. The number of nitrogens with zero attached hydrogens (tertiary/aromatic N) is 1. The molecular weight excluding hydrogens is 343 g/mol. The van der Waals surface area contributed by atoms with E-state index in [0.29, 0.717) is 31.5 Å². The maximum Gasteiger partial charge on any atom is 0.188 e. The van der Waals surface area contributed by atoms with Crippen LogP contribution in [0.5, 0.6) is 0 Å². The van der Waals surface area contributed by atoms with Crippen LogP contribution < -0.4 is 10.6 Å². The van der Waals surface area contributed by atoms with Crippen LogP contribution in [0, 0.1) is 11.2 Å². The third kappa shape index (κ3) is 5.17. The average molecular weight is 366 g/mol. The van der Waals surface area contributed by atoms with Crippen molar-refractivity contribution in [3.8, 4) is 11.1 Å². The van der Waals surface area contributed by atoms with E-state index in [4.69, 9.17) is 9.93 Å². The first-order valence-corrected chi connectivity index (χ1v) is 9.00. The quantitative estimate of drug-likeness (QED) is 0.438. The SMILES string of the molecule is CCNC(=N)NCc1cc(CCc2ccc(-c3ccccc3)c(F)c2)on1. The molecule has 0 spiro atoms. The van der Waals surface area contributed by atoms with Crippen molar-refractivity contribution in [2.45, 2.75) is 26.3 Å². The second-order valence-electron chi connectivity index (χ2n) is 6.22. The van der Waals surface area contributed by atoms with E-state index in [-0.39, 0.29) is 11.8 Å². The van der Waals surface area contributed by atoms with E-state index >= 15 is 0 Å². The smallest absolute Gasteiger partial charge is 0.188 e. The van der Waals surface area contributed by atoms with Gasteiger partial charge in [-0.25, -0.2) is 4.39 Å². The molecule has 0 saturated carbocycles. The molecule has 0 aliphatic rings. The van der Waals surface area contributed by atoms with Gasteiger partial charge in [0, 0.05) is 24.6 Å². The van der Waals surface area contributed by atoms with Crippen molar-refractivity contribution >= 4 is 5.96 Å². The lowest BCUT2D eigenvalue weighted by Gasteiger charge is -2.06. The summed E-state index contributed by atoms with van der Waals surface area (Å²) in [5.74, 6) is 0.786. The number of hydrogen-bond donors (Lipinski definition) is 3. The molecule has 3 N–H and O–H groups in total. The zero-order chi connectivity index (χ0) is 19.1. The van der Waals surface area contributed by atoms with Crippen LogP contribution in [0.1, 0.15) is 23.9 Å². The summed E-state index contributed by atoms with van der Waals surface area (Å²) < 4.78 is 19.8. The van der Waals surface area contributed by atoms with Crippen molar-refractivity contribution in [1.82, 2.24) is 15.8 Å². The monoisotopic (exact) mass is 366 g/mol. The minimum Gasteiger partial charge on any atom is -0.361 e. The Bertz CT molecular complexity index is 892. The van der Waals surface area contributed by atoms with Gasteiger partial charge in [-0.05, 0) is 30.5 Å². The van der Waals surface area contributed by atoms with Crippen molar-refractivity contribution in [2.75, 3.05) is 6.54 Å². The molecule has 5 nitrogen and oxygen atoms in total. The number of nitrogens with one attached hydrogen (secondary N) is 3. The lowest BCUT2D eigenvalue weighted by atomic mass is 10.0. The van der Waals surface area contributed by atoms with Crippen molar-refractivity contribution in [2.24, 2.45) is 0 Å². The maximum atomic E-state index is 14.4. The van der Waals surface area contributed by atoms with Gasteiger partial charge in [0.15, 0.2) is 5.96 Å². The molecule has 140 valence electrons. The fourth-order valence-electron chi connectivity index (χ4n) is 2.81. The summed E-state index contributed by atoms with van der Waals surface area (Å²) in [6, 6.07) is 16.7. The topological polar surface area (TPSA) is 73.9 Å². The molecule has 0 radical (unpaired) electrons. The van der Waals surface area contributed by atoms with Crippen LogP contribution in [0.25, 0.3) is 11.1 Å². The zero-order valence-electron chi connectivity index (χ0n) is 15.3. The largest absolute Gasteiger partial charge is 0.361 e. The summed E-state index contributed by atoms with van der Waals surface area (Å²) in [6.07, 6.45) is 1.31. The molecule has 1 heterocycles. The molecule has 6 heteroatoms. The van der Waals surface area contributed by atoms with Crippen LogP contribution in [-0.4, -0.2) is 17.7 Å². The summed E-state index contributed by atoms with van der Waals surface area (Å²) in [5.41, 5.74) is 3.13. The first-order valence-electron chi connectivity index (χ1n) is 9.00. The zero-order valence-corrected chi connectivity index (χ0v) is 15.3. The Labute approximate surface area is 158 Å². The van der Waals surface area contributed by atoms with E-state index < -0.39 is 0 Å². The third-order valence-corrected chi connectivity index (χ3v) is 4.19. The molecule has 2 aromatic carbocycles. The van der Waals surface area contributed by atoms with Crippen LogP contribution in [0.4, 0.5) is 4.39 Å². The normalized spacial score (nSPS) is 10.6. The molecule has 0 aliphatic heterocycles. The van der Waals surface area contributed by atoms with Gasteiger partial charge in [-0.3, -0.25) is 5.41 Å². The van der Waals surface area contributed by atoms with Gasteiger partial charge in [-0.15, -0.1) is 0 Å². The Morgan fingerprint density at radius 2 is 1.89 bits per heavy atom. The van der Waals surface area contributed by atoms with Gasteiger partial charge < -0.3 is 15.2 Å². The Morgan fingerprint density at radius 3 is 2.63 bits per heavy atom. The Morgan fingerprint density at radius 1 is 1.07 bits per heavy atom. The molecule has 27 heavy (non-hydrogen) atoms. The van der Waals surface area contributed by atoms with Gasteiger partial charge in [0.25, 0.3) is 0 Å². The Balaban J connectivity index is 1.56. The summed E-state index contributed by atoms with van der Waals surface area (Å²) in [6.45, 7) is 3.05. The van der Waals surface area contributed by atoms with Crippen LogP contribution in [0.15, 0.2) is 59.1 Å². The number of aryl methyl sites for hydroxylation is 2. The van der Waals surface area contributed by atoms with E-state index in [0.717, 1.165) is 22.6 Å². The Kier molecular flexibility index (Phi) is 6.20. The van der Waals surface area contributed by atoms with E-state index in [1.54, 1.807) is 6.07 Å². The van der Waals surface area contributed by atoms with Crippen molar-refractivity contribution in [3.63, 3.8) is 0 Å². The number of guanidine groups is 1. The predicted molar refractivity (Wildman–Crippen MR) is 104 cm³/mol. The van der Waals surface area contributed by atoms with E-state index in [2.05, 4.69) is 15.8 Å². The third-order valence-electron chi connectivity index (χ3n) is 4.19. The highest BCUT2D eigenvalue weighted by Crippen LogP contribution is 2.24. The van der Waals surface area contributed by atoms with Crippen molar-refractivity contribution in [3.05, 3.63) is 77.4 Å². The highest BCUT2D eigenvalue weighted by Gasteiger charge is 2.08. The summed E-state index contributed by atoms with van der Waals surface area (Å²) in [4.78, 5) is 0. The maximum absolute atomic E-state index is 14.4. The molecule has 3 aromatic rings. The molecule has 0 bridgehead atoms. The number of rotatable bonds is 7. The fraction of sp³-hybridized carbons (Fsp3) is 0.238. The average Bonchev–Trinajstić information content (AvgIpc) is 3.14. The highest BCUT2D eigenvalue weighted by atomic mass is 19.1. The molecule has 0 aliphatic carbocycles. The lowest BCUT2D eigenvalue weighted by molar-refractivity contribution is 0.376. The predicted octanol–water partition coefficient (Wildman–Crippen LogP) is 3.90. The lowest BCUT2D eigenvalue weighted by Crippen LogP contribution is -2.35. The molecule has 0 atom stereocenters. The van der Waals surface area contributed by atoms with Crippen LogP contribution in [0.3, 0.4) is 0 Å². The van der Waals surface area contributed by atoms with Gasteiger partial charge in [-0.1, -0.05) is 47.6 Å². The molecule has 0 fully saturated rings. The summed E-state index contributed by atoms with van der Waals surface area (Å²) >= 11 is 0. The van der Waals surface area contributed by atoms with Gasteiger partial charge in [-0.2, -0.15) is 0 Å². The standard InChI is InChI=1S/C21H23FN4O/c1-2-24-21(23)25-14-17-13-18(27-26-17)10-8-15-9-11-19(20(22)12-15)16-6-4-3-5-7-16/h3-7,9,11-13H,2,8,10,14H2,1H3,(H3,23,24,25). The molecule has 1 aromatic heterocycles. The van der Waals surface area contributed by atoms with Gasteiger partial charge in [0.2, 0.25) is 0 Å². The number of benzene rings is 2. The fourth-order valence-corrected chi connectivity index (χ4v) is 2.81. The first-order chi connectivity index (χ1) is 13.2. The number of aromatic nitrogens is 1. The van der Waals surface area contributed by atoms with Crippen LogP contribution in [0.2, 0.25) is 0 Å². The minimum atomic E-state index is -0.219. The van der Waals surface area contributed by atoms with Gasteiger partial charge >= 0.3 is 0 Å². The number of hydrogen-bond acceptors (Lipinski definition) is 3. The van der Waals surface area contributed by atoms with E-state index in [1.807, 2.05) is 55.5 Å². The molecule has 0 amide bonds. The van der Waals surface area contributed by atoms with Crippen LogP contribution >= 0.6 is 0 Å². The van der Waals surface area contributed by atoms with E-state index in [9.17, 15) is 4.39 Å². The van der Waals surface area contributed by atoms with Gasteiger partial charge in [0.05, 0.1) is 6.54 Å². The number of halogens is 1. The van der Waals surface area contributed by atoms with E-state index in [1.165, 1.54) is 0 Å². The summed E-state index contributed by atoms with van der Waals surface area (Å²) in [7, 11) is 0. The van der Waals surface area contributed by atoms with Crippen LogP contribution in [-0.2, 0) is 19.4 Å². The molecule has 3 rings (SSSR count). The summed E-state index contributed by atoms with van der Waals surface area (Å²) in [5, 5.41) is 17.4.